The minimum absolute atomic E-state index is 0.131. The average molecular weight is 437 g/mol. The summed E-state index contributed by atoms with van der Waals surface area (Å²) < 4.78 is 28.4. The van der Waals surface area contributed by atoms with Crippen LogP contribution in [0.2, 0.25) is 0 Å². The zero-order chi connectivity index (χ0) is 22.2. The second kappa shape index (κ2) is 8.44. The third kappa shape index (κ3) is 4.23. The number of carbonyl (C=O) groups is 1. The maximum absolute atomic E-state index is 13.4. The maximum Gasteiger partial charge on any atom is 0.243 e. The molecule has 1 atom stereocenters. The van der Waals surface area contributed by atoms with Crippen molar-refractivity contribution in [1.82, 2.24) is 4.31 Å². The molecule has 0 radical (unpaired) electrons. The largest absolute Gasteiger partial charge is 0.325 e. The van der Waals surface area contributed by atoms with Crippen molar-refractivity contribution >= 4 is 32.4 Å². The minimum atomic E-state index is -3.66. The highest BCUT2D eigenvalue weighted by molar-refractivity contribution is 7.89. The molecule has 1 heterocycles. The molecule has 0 spiro atoms. The van der Waals surface area contributed by atoms with Gasteiger partial charge in [-0.15, -0.1) is 0 Å². The molecule has 3 aromatic carbocycles. The lowest BCUT2D eigenvalue weighted by molar-refractivity contribution is -0.120. The van der Waals surface area contributed by atoms with Crippen LogP contribution in [0, 0.1) is 26.7 Å². The van der Waals surface area contributed by atoms with Crippen LogP contribution in [0.25, 0.3) is 10.8 Å². The van der Waals surface area contributed by atoms with Crippen molar-refractivity contribution in [2.45, 2.75) is 38.5 Å². The first-order valence-electron chi connectivity index (χ1n) is 10.6. The first kappa shape index (κ1) is 21.5. The molecule has 0 saturated carbocycles. The molecule has 1 N–H and O–H groups in total. The summed E-state index contributed by atoms with van der Waals surface area (Å²) in [6, 6.07) is 17.5. The number of carbonyl (C=O) groups excluding carboxylic acids is 1. The normalized spacial score (nSPS) is 17.6. The van der Waals surface area contributed by atoms with E-state index in [1.165, 1.54) is 4.31 Å². The fourth-order valence-electron chi connectivity index (χ4n) is 4.65. The topological polar surface area (TPSA) is 66.5 Å². The van der Waals surface area contributed by atoms with E-state index in [1.54, 1.807) is 0 Å². The molecular weight excluding hydrogens is 408 g/mol. The van der Waals surface area contributed by atoms with E-state index in [1.807, 2.05) is 75.4 Å². The van der Waals surface area contributed by atoms with E-state index in [0.29, 0.717) is 24.3 Å². The minimum Gasteiger partial charge on any atom is -0.325 e. The van der Waals surface area contributed by atoms with Crippen LogP contribution in [0.4, 0.5) is 5.69 Å². The number of piperidine rings is 1. The Morgan fingerprint density at radius 3 is 2.42 bits per heavy atom. The number of hydrogen-bond donors (Lipinski definition) is 1. The Morgan fingerprint density at radius 2 is 1.68 bits per heavy atom. The first-order chi connectivity index (χ1) is 14.8. The molecule has 1 aliphatic heterocycles. The summed E-state index contributed by atoms with van der Waals surface area (Å²) in [6.07, 6.45) is 1.34. The predicted octanol–water partition coefficient (Wildman–Crippen LogP) is 4.80. The third-order valence-corrected chi connectivity index (χ3v) is 8.18. The fraction of sp³-hybridized carbons (Fsp3) is 0.320. The van der Waals surface area contributed by atoms with Crippen molar-refractivity contribution in [3.8, 4) is 0 Å². The van der Waals surface area contributed by atoms with E-state index in [-0.39, 0.29) is 18.4 Å². The van der Waals surface area contributed by atoms with Gasteiger partial charge in [-0.25, -0.2) is 8.42 Å². The Balaban J connectivity index is 1.56. The fourth-order valence-corrected chi connectivity index (χ4v) is 6.58. The van der Waals surface area contributed by atoms with Crippen molar-refractivity contribution in [2.24, 2.45) is 5.92 Å². The molecule has 4 rings (SSSR count). The second-order valence-corrected chi connectivity index (χ2v) is 10.3. The van der Waals surface area contributed by atoms with E-state index in [4.69, 9.17) is 0 Å². The summed E-state index contributed by atoms with van der Waals surface area (Å²) in [4.78, 5) is 13.4. The summed E-state index contributed by atoms with van der Waals surface area (Å²) in [7, 11) is -3.66. The number of hydrogen-bond acceptors (Lipinski definition) is 3. The SMILES string of the molecule is Cc1cc(C)c(S(=O)(=O)N2CCC[C@@H](C(=O)Nc3cccc4ccccc34)C2)c(C)c1. The van der Waals surface area contributed by atoms with Gasteiger partial charge in [-0.2, -0.15) is 4.31 Å². The highest BCUT2D eigenvalue weighted by Gasteiger charge is 2.35. The van der Waals surface area contributed by atoms with Gasteiger partial charge in [0.05, 0.1) is 10.8 Å². The van der Waals surface area contributed by atoms with Crippen molar-refractivity contribution in [3.05, 3.63) is 71.3 Å². The van der Waals surface area contributed by atoms with Crippen LogP contribution in [0.15, 0.2) is 59.5 Å². The molecule has 1 saturated heterocycles. The van der Waals surface area contributed by atoms with Crippen molar-refractivity contribution < 1.29 is 13.2 Å². The molecule has 0 unspecified atom stereocenters. The number of fused-ring (bicyclic) bond motifs is 1. The Bertz CT molecular complexity index is 1220. The molecule has 0 aliphatic carbocycles. The summed E-state index contributed by atoms with van der Waals surface area (Å²) in [5.41, 5.74) is 3.30. The van der Waals surface area contributed by atoms with Gasteiger partial charge >= 0.3 is 0 Å². The van der Waals surface area contributed by atoms with E-state index >= 15 is 0 Å². The van der Waals surface area contributed by atoms with E-state index in [2.05, 4.69) is 5.32 Å². The lowest BCUT2D eigenvalue weighted by Crippen LogP contribution is -2.44. The molecule has 1 aliphatic rings. The third-order valence-electron chi connectivity index (χ3n) is 6.00. The number of amides is 1. The van der Waals surface area contributed by atoms with Gasteiger partial charge in [0.1, 0.15) is 0 Å². The smallest absolute Gasteiger partial charge is 0.243 e. The van der Waals surface area contributed by atoms with Crippen LogP contribution in [-0.2, 0) is 14.8 Å². The molecule has 1 fully saturated rings. The molecule has 1 amide bonds. The molecule has 3 aromatic rings. The van der Waals surface area contributed by atoms with Crippen molar-refractivity contribution in [1.29, 1.82) is 0 Å². The number of sulfonamides is 1. The maximum atomic E-state index is 13.4. The molecule has 162 valence electrons. The van der Waals surface area contributed by atoms with Gasteiger partial charge in [-0.05, 0) is 56.2 Å². The van der Waals surface area contributed by atoms with Crippen LogP contribution < -0.4 is 5.32 Å². The number of aryl methyl sites for hydroxylation is 3. The van der Waals surface area contributed by atoms with Crippen LogP contribution in [0.5, 0.6) is 0 Å². The molecule has 0 aromatic heterocycles. The first-order valence-corrected chi connectivity index (χ1v) is 12.1. The number of benzene rings is 3. The molecular formula is C25H28N2O3S. The Hall–Kier alpha value is -2.70. The number of nitrogens with zero attached hydrogens (tertiary/aromatic N) is 1. The van der Waals surface area contributed by atoms with E-state index in [0.717, 1.165) is 33.2 Å². The summed E-state index contributed by atoms with van der Waals surface area (Å²) in [6.45, 7) is 6.27. The monoisotopic (exact) mass is 436 g/mol. The van der Waals surface area contributed by atoms with Gasteiger partial charge < -0.3 is 5.32 Å². The lowest BCUT2D eigenvalue weighted by Gasteiger charge is -2.32. The van der Waals surface area contributed by atoms with Crippen LogP contribution in [0.3, 0.4) is 0 Å². The van der Waals surface area contributed by atoms with Gasteiger partial charge in [0.2, 0.25) is 15.9 Å². The van der Waals surface area contributed by atoms with Gasteiger partial charge in [-0.1, -0.05) is 54.1 Å². The van der Waals surface area contributed by atoms with E-state index in [9.17, 15) is 13.2 Å². The standard InChI is InChI=1S/C25H28N2O3S/c1-17-14-18(2)24(19(3)15-17)31(29,30)27-13-7-10-21(16-27)25(28)26-23-12-6-9-20-8-4-5-11-22(20)23/h4-6,8-9,11-12,14-15,21H,7,10,13,16H2,1-3H3,(H,26,28)/t21-/m1/s1. The predicted molar refractivity (Wildman–Crippen MR) is 125 cm³/mol. The summed E-state index contributed by atoms with van der Waals surface area (Å²) in [5.74, 6) is -0.512. The van der Waals surface area contributed by atoms with Crippen molar-refractivity contribution in [2.75, 3.05) is 18.4 Å². The number of nitrogens with one attached hydrogen (secondary N) is 1. The van der Waals surface area contributed by atoms with Gasteiger partial charge in [-0.3, -0.25) is 4.79 Å². The average Bonchev–Trinajstić information content (AvgIpc) is 2.73. The highest BCUT2D eigenvalue weighted by atomic mass is 32.2. The molecule has 5 nitrogen and oxygen atoms in total. The molecule has 6 heteroatoms. The van der Waals surface area contributed by atoms with Crippen molar-refractivity contribution in [3.63, 3.8) is 0 Å². The van der Waals surface area contributed by atoms with Gasteiger partial charge in [0, 0.05) is 24.2 Å². The Labute approximate surface area is 184 Å². The second-order valence-electron chi connectivity index (χ2n) is 8.45. The zero-order valence-electron chi connectivity index (χ0n) is 18.2. The number of rotatable bonds is 4. The quantitative estimate of drug-likeness (QED) is 0.639. The summed E-state index contributed by atoms with van der Waals surface area (Å²) in [5, 5.41) is 5.07. The highest BCUT2D eigenvalue weighted by Crippen LogP contribution is 2.30. The zero-order valence-corrected chi connectivity index (χ0v) is 19.0. The van der Waals surface area contributed by atoms with Crippen LogP contribution >= 0.6 is 0 Å². The van der Waals surface area contributed by atoms with Crippen LogP contribution in [0.1, 0.15) is 29.5 Å². The number of anilines is 1. The van der Waals surface area contributed by atoms with Crippen LogP contribution in [-0.4, -0.2) is 31.7 Å². The Morgan fingerprint density at radius 1 is 1.00 bits per heavy atom. The molecule has 31 heavy (non-hydrogen) atoms. The van der Waals surface area contributed by atoms with Gasteiger partial charge in [0.15, 0.2) is 0 Å². The molecule has 0 bridgehead atoms. The van der Waals surface area contributed by atoms with Gasteiger partial charge in [0.25, 0.3) is 0 Å². The Kier molecular flexibility index (Phi) is 5.86. The van der Waals surface area contributed by atoms with E-state index < -0.39 is 10.0 Å². The lowest BCUT2D eigenvalue weighted by atomic mass is 9.98. The summed E-state index contributed by atoms with van der Waals surface area (Å²) >= 11 is 0.